The van der Waals surface area contributed by atoms with Crippen LogP contribution in [0.4, 0.5) is 18.0 Å². The van der Waals surface area contributed by atoms with Crippen molar-refractivity contribution in [2.75, 3.05) is 13.1 Å². The third-order valence-electron chi connectivity index (χ3n) is 4.13. The molecule has 1 aromatic carbocycles. The molecule has 1 aliphatic heterocycles. The zero-order valence-corrected chi connectivity index (χ0v) is 17.9. The highest BCUT2D eigenvalue weighted by atomic mass is 79.9. The topological polar surface area (TPSA) is 49.9 Å². The van der Waals surface area contributed by atoms with E-state index in [0.717, 1.165) is 4.47 Å². The molecule has 2 amide bonds. The van der Waals surface area contributed by atoms with Gasteiger partial charge in [0.2, 0.25) is 0 Å². The van der Waals surface area contributed by atoms with Crippen LogP contribution < -0.4 is 0 Å². The lowest BCUT2D eigenvalue weighted by atomic mass is 10.0. The number of hydrogen-bond donors (Lipinski definition) is 0. The van der Waals surface area contributed by atoms with Crippen LogP contribution in [0.15, 0.2) is 28.7 Å². The predicted octanol–water partition coefficient (Wildman–Crippen LogP) is 4.55. The fourth-order valence-electron chi connectivity index (χ4n) is 2.84. The summed E-state index contributed by atoms with van der Waals surface area (Å²) in [5, 5.41) is 0. The van der Waals surface area contributed by atoms with Crippen molar-refractivity contribution < 1.29 is 27.5 Å². The van der Waals surface area contributed by atoms with Gasteiger partial charge in [-0.15, -0.1) is 13.2 Å². The highest BCUT2D eigenvalue weighted by Crippen LogP contribution is 2.29. The maximum absolute atomic E-state index is 13.5. The number of hydrogen-bond acceptors (Lipinski definition) is 3. The van der Waals surface area contributed by atoms with Crippen LogP contribution in [0.2, 0.25) is 0 Å². The molecule has 5 nitrogen and oxygen atoms in total. The van der Waals surface area contributed by atoms with Crippen molar-refractivity contribution in [2.24, 2.45) is 0 Å². The molecular weight excluding hydrogens is 453 g/mol. The van der Waals surface area contributed by atoms with Gasteiger partial charge in [-0.2, -0.15) is 0 Å². The number of likely N-dealkylation sites (tertiary alicyclic amines) is 1. The molecule has 0 N–H and O–H groups in total. The zero-order chi connectivity index (χ0) is 21.8. The number of ether oxygens (including phenoxy) is 1. The second-order valence-corrected chi connectivity index (χ2v) is 8.51. The van der Waals surface area contributed by atoms with Crippen LogP contribution in [-0.2, 0) is 9.53 Å². The number of rotatable bonds is 1. The number of alkyl halides is 3. The lowest BCUT2D eigenvalue weighted by molar-refractivity contribution is -0.251. The van der Waals surface area contributed by atoms with Crippen molar-refractivity contribution >= 4 is 27.9 Å². The molecule has 1 saturated heterocycles. The highest BCUT2D eigenvalue weighted by molar-refractivity contribution is 9.10. The van der Waals surface area contributed by atoms with Gasteiger partial charge in [-0.1, -0.05) is 21.9 Å². The van der Waals surface area contributed by atoms with Gasteiger partial charge < -0.3 is 9.64 Å². The first-order valence-corrected chi connectivity index (χ1v) is 9.81. The third kappa shape index (κ3) is 6.96. The first kappa shape index (κ1) is 23.1. The van der Waals surface area contributed by atoms with Crippen molar-refractivity contribution in [1.82, 2.24) is 9.80 Å². The van der Waals surface area contributed by atoms with Gasteiger partial charge in [-0.3, -0.25) is 4.79 Å². The number of carbonyl (C=O) groups excluding carboxylic acids is 2. The Morgan fingerprint density at radius 3 is 2.17 bits per heavy atom. The van der Waals surface area contributed by atoms with Gasteiger partial charge in [0.1, 0.15) is 5.60 Å². The van der Waals surface area contributed by atoms with Crippen molar-refractivity contribution in [3.05, 3.63) is 34.3 Å². The summed E-state index contributed by atoms with van der Waals surface area (Å²) in [6.45, 7) is 5.28. The fraction of sp³-hybridized carbons (Fsp3) is 0.500. The third-order valence-corrected chi connectivity index (χ3v) is 4.66. The van der Waals surface area contributed by atoms with Crippen molar-refractivity contribution in [2.45, 2.75) is 51.6 Å². The molecule has 9 heteroatoms. The highest BCUT2D eigenvalue weighted by Gasteiger charge is 2.46. The number of benzene rings is 1. The summed E-state index contributed by atoms with van der Waals surface area (Å²) in [7, 11) is 0. The zero-order valence-electron chi connectivity index (χ0n) is 16.3. The first-order chi connectivity index (χ1) is 13.4. The first-order valence-electron chi connectivity index (χ1n) is 9.02. The average Bonchev–Trinajstić information content (AvgIpc) is 2.59. The van der Waals surface area contributed by atoms with E-state index < -0.39 is 29.9 Å². The van der Waals surface area contributed by atoms with Gasteiger partial charge >= 0.3 is 18.3 Å². The van der Waals surface area contributed by atoms with Crippen molar-refractivity contribution in [1.29, 1.82) is 0 Å². The quantitative estimate of drug-likeness (QED) is 0.443. The maximum atomic E-state index is 13.5. The van der Waals surface area contributed by atoms with Gasteiger partial charge in [0, 0.05) is 35.1 Å². The number of amides is 2. The standard InChI is InChI=1S/C20H22BrF3N2O3/c1-19(2,3)29-18(28)25-12-10-16(11-13-25)26(20(22,23)24)17(27)9-6-14-4-7-15(21)8-5-14/h4-5,7-8,16H,10-13H2,1-3H3. The SMILES string of the molecule is CC(C)(C)OC(=O)N1CCC(N(C(=O)C#Cc2ccc(Br)cc2)C(F)(F)F)CC1. The summed E-state index contributed by atoms with van der Waals surface area (Å²) in [6, 6.07) is 5.48. The Bertz CT molecular complexity index is 799. The monoisotopic (exact) mass is 474 g/mol. The van der Waals surface area contributed by atoms with Crippen LogP contribution in [0.1, 0.15) is 39.2 Å². The molecule has 0 spiro atoms. The molecule has 158 valence electrons. The largest absolute Gasteiger partial charge is 0.488 e. The van der Waals surface area contributed by atoms with Gasteiger partial charge in [0.25, 0.3) is 0 Å². The summed E-state index contributed by atoms with van der Waals surface area (Å²) in [5.41, 5.74) is -0.256. The minimum Gasteiger partial charge on any atom is -0.444 e. The summed E-state index contributed by atoms with van der Waals surface area (Å²) in [6.07, 6.45) is -5.45. The van der Waals surface area contributed by atoms with Crippen LogP contribution in [0.25, 0.3) is 0 Å². The van der Waals surface area contributed by atoms with Crippen LogP contribution in [0.3, 0.4) is 0 Å². The van der Waals surface area contributed by atoms with Crippen LogP contribution in [0, 0.1) is 11.8 Å². The average molecular weight is 475 g/mol. The molecule has 0 atom stereocenters. The number of halogens is 4. The van der Waals surface area contributed by atoms with Crippen LogP contribution >= 0.6 is 15.9 Å². The second-order valence-electron chi connectivity index (χ2n) is 7.60. The van der Waals surface area contributed by atoms with E-state index in [4.69, 9.17) is 4.74 Å². The smallest absolute Gasteiger partial charge is 0.444 e. The summed E-state index contributed by atoms with van der Waals surface area (Å²) < 4.78 is 46.6. The Morgan fingerprint density at radius 1 is 1.14 bits per heavy atom. The molecule has 0 aliphatic carbocycles. The van der Waals surface area contributed by atoms with Crippen LogP contribution in [-0.4, -0.2) is 52.8 Å². The molecule has 0 saturated carbocycles. The molecule has 1 heterocycles. The molecule has 29 heavy (non-hydrogen) atoms. The molecular formula is C20H22BrF3N2O3. The van der Waals surface area contributed by atoms with E-state index in [1.54, 1.807) is 45.0 Å². The molecule has 0 aromatic heterocycles. The predicted molar refractivity (Wildman–Crippen MR) is 105 cm³/mol. The Balaban J connectivity index is 2.07. The lowest BCUT2D eigenvalue weighted by Gasteiger charge is -2.38. The van der Waals surface area contributed by atoms with E-state index >= 15 is 0 Å². The molecule has 2 rings (SSSR count). The molecule has 0 radical (unpaired) electrons. The minimum absolute atomic E-state index is 0.00947. The number of nitrogens with zero attached hydrogens (tertiary/aromatic N) is 2. The Hall–Kier alpha value is -2.21. The van der Waals surface area contributed by atoms with Crippen LogP contribution in [0.5, 0.6) is 0 Å². The Kier molecular flexibility index (Phi) is 7.22. The number of carbonyl (C=O) groups is 2. The van der Waals surface area contributed by atoms with E-state index in [1.165, 1.54) is 4.90 Å². The minimum atomic E-state index is -4.86. The molecule has 1 fully saturated rings. The van der Waals surface area contributed by atoms with E-state index in [1.807, 2.05) is 0 Å². The molecule has 1 aromatic rings. The van der Waals surface area contributed by atoms with Gasteiger partial charge in [0.15, 0.2) is 0 Å². The van der Waals surface area contributed by atoms with Gasteiger partial charge in [-0.05, 0) is 57.9 Å². The molecule has 0 unspecified atom stereocenters. The Labute approximate surface area is 176 Å². The maximum Gasteiger partial charge on any atom is 0.488 e. The lowest BCUT2D eigenvalue weighted by Crippen LogP contribution is -2.54. The van der Waals surface area contributed by atoms with E-state index in [2.05, 4.69) is 27.8 Å². The molecule has 1 aliphatic rings. The summed E-state index contributed by atoms with van der Waals surface area (Å²) in [4.78, 5) is 25.6. The van der Waals surface area contributed by atoms with Gasteiger partial charge in [-0.25, -0.2) is 9.69 Å². The number of piperidine rings is 1. The second kappa shape index (κ2) is 9.08. The van der Waals surface area contributed by atoms with Crippen molar-refractivity contribution in [3.63, 3.8) is 0 Å². The summed E-state index contributed by atoms with van der Waals surface area (Å²) >= 11 is 3.25. The van der Waals surface area contributed by atoms with Gasteiger partial charge in [0.05, 0.1) is 0 Å². The fourth-order valence-corrected chi connectivity index (χ4v) is 3.10. The van der Waals surface area contributed by atoms with E-state index in [0.29, 0.717) is 5.56 Å². The normalized spacial score (nSPS) is 15.3. The summed E-state index contributed by atoms with van der Waals surface area (Å²) in [5.74, 6) is 3.24. The Morgan fingerprint density at radius 2 is 1.69 bits per heavy atom. The molecule has 0 bridgehead atoms. The van der Waals surface area contributed by atoms with E-state index in [-0.39, 0.29) is 30.8 Å². The van der Waals surface area contributed by atoms with E-state index in [9.17, 15) is 22.8 Å². The van der Waals surface area contributed by atoms with Crippen molar-refractivity contribution in [3.8, 4) is 11.8 Å².